The van der Waals surface area contributed by atoms with E-state index in [4.69, 9.17) is 4.18 Å². The van der Waals surface area contributed by atoms with Gasteiger partial charge >= 0.3 is 12.3 Å². The zero-order valence-electron chi connectivity index (χ0n) is 14.5. The Bertz CT molecular complexity index is 652. The van der Waals surface area contributed by atoms with Crippen molar-refractivity contribution in [2.45, 2.75) is 69.0 Å². The van der Waals surface area contributed by atoms with Crippen molar-refractivity contribution in [2.24, 2.45) is 11.8 Å². The van der Waals surface area contributed by atoms with Crippen LogP contribution >= 0.6 is 0 Å². The van der Waals surface area contributed by atoms with Gasteiger partial charge in [-0.05, 0) is 25.7 Å². The van der Waals surface area contributed by atoms with E-state index in [1.54, 1.807) is 0 Å². The molecule has 0 aromatic carbocycles. The van der Waals surface area contributed by atoms with Crippen molar-refractivity contribution in [1.29, 1.82) is 0 Å². The average Bonchev–Trinajstić information content (AvgIpc) is 2.59. The van der Waals surface area contributed by atoms with Gasteiger partial charge in [-0.1, -0.05) is 19.3 Å². The highest BCUT2D eigenvalue weighted by Crippen LogP contribution is 2.34. The van der Waals surface area contributed by atoms with E-state index in [0.717, 1.165) is 0 Å². The zero-order valence-corrected chi connectivity index (χ0v) is 15.3. The summed E-state index contributed by atoms with van der Waals surface area (Å²) in [5, 5.41) is 9.65. The Labute approximate surface area is 154 Å². The molecule has 0 saturated heterocycles. The van der Waals surface area contributed by atoms with Crippen LogP contribution in [0.25, 0.3) is 0 Å². The number of nitrogens with zero attached hydrogens (tertiary/aromatic N) is 1. The molecule has 4 atom stereocenters. The number of alkyl halides is 3. The van der Waals surface area contributed by atoms with Gasteiger partial charge in [0.15, 0.2) is 0 Å². The van der Waals surface area contributed by atoms with Crippen molar-refractivity contribution in [3.8, 4) is 0 Å². The minimum absolute atomic E-state index is 0.0245. The fourth-order valence-electron chi connectivity index (χ4n) is 3.83. The van der Waals surface area contributed by atoms with Crippen LogP contribution in [0, 0.1) is 22.0 Å². The molecule has 0 N–H and O–H groups in total. The van der Waals surface area contributed by atoms with Crippen LogP contribution in [0.2, 0.25) is 0 Å². The van der Waals surface area contributed by atoms with Crippen LogP contribution in [0.5, 0.6) is 0 Å². The third-order valence-electron chi connectivity index (χ3n) is 5.18. The number of rotatable bonds is 6. The summed E-state index contributed by atoms with van der Waals surface area (Å²) in [7, 11) is -4.37. The first-order chi connectivity index (χ1) is 12.5. The first-order valence-electron chi connectivity index (χ1n) is 8.82. The van der Waals surface area contributed by atoms with E-state index in [0.29, 0.717) is 38.5 Å². The number of nitro groups is 1. The molecule has 0 aromatic rings. The van der Waals surface area contributed by atoms with Crippen molar-refractivity contribution in [1.82, 2.24) is 0 Å². The van der Waals surface area contributed by atoms with Gasteiger partial charge in [-0.25, -0.2) is 0 Å². The van der Waals surface area contributed by atoms with Gasteiger partial charge in [-0.15, -0.1) is 13.2 Å². The molecule has 2 fully saturated rings. The highest BCUT2D eigenvalue weighted by atomic mass is 32.2. The number of hydrogen-bond donors (Lipinski definition) is 0. The number of ether oxygens (including phenoxy) is 1. The van der Waals surface area contributed by atoms with Crippen molar-refractivity contribution < 1.29 is 40.2 Å². The molecular formula is C15H22F3NO7S. The molecule has 27 heavy (non-hydrogen) atoms. The fourth-order valence-corrected chi connectivity index (χ4v) is 5.48. The van der Waals surface area contributed by atoms with Crippen molar-refractivity contribution in [2.75, 3.05) is 6.61 Å². The molecule has 0 heterocycles. The molecule has 2 aliphatic carbocycles. The van der Waals surface area contributed by atoms with E-state index in [9.17, 15) is 36.5 Å². The van der Waals surface area contributed by atoms with Gasteiger partial charge in [0, 0.05) is 11.3 Å². The molecule has 156 valence electrons. The second kappa shape index (κ2) is 8.72. The third kappa shape index (κ3) is 6.03. The van der Waals surface area contributed by atoms with E-state index < -0.39 is 57.1 Å². The molecular weight excluding hydrogens is 395 g/mol. The molecule has 0 bridgehead atoms. The summed E-state index contributed by atoms with van der Waals surface area (Å²) in [4.78, 5) is 22.4. The first kappa shape index (κ1) is 21.9. The van der Waals surface area contributed by atoms with E-state index >= 15 is 0 Å². The van der Waals surface area contributed by atoms with Crippen LogP contribution in [-0.4, -0.2) is 43.6 Å². The molecule has 2 saturated carbocycles. The number of hydrogen-bond acceptors (Lipinski definition) is 7. The first-order valence-corrected chi connectivity index (χ1v) is 10.3. The highest BCUT2D eigenvalue weighted by molar-refractivity contribution is 7.87. The van der Waals surface area contributed by atoms with Crippen LogP contribution in [0.4, 0.5) is 13.2 Å². The lowest BCUT2D eigenvalue weighted by atomic mass is 9.85. The summed E-state index contributed by atoms with van der Waals surface area (Å²) in [6, 6.07) is -0.911. The highest BCUT2D eigenvalue weighted by Gasteiger charge is 2.46. The fraction of sp³-hybridized carbons (Fsp3) is 0.933. The Morgan fingerprint density at radius 2 is 1.67 bits per heavy atom. The molecule has 2 rings (SSSR count). The van der Waals surface area contributed by atoms with E-state index in [2.05, 4.69) is 4.74 Å². The lowest BCUT2D eigenvalue weighted by molar-refractivity contribution is -0.536. The lowest BCUT2D eigenvalue weighted by Crippen LogP contribution is -2.42. The summed E-state index contributed by atoms with van der Waals surface area (Å²) in [6.07, 6.45) is -2.31. The smallest absolute Gasteiger partial charge is 0.373 e. The summed E-state index contributed by atoms with van der Waals surface area (Å²) >= 11 is 0. The zero-order chi connectivity index (χ0) is 20.2. The number of carbonyl (C=O) groups excluding carboxylic acids is 1. The van der Waals surface area contributed by atoms with Gasteiger partial charge < -0.3 is 4.74 Å². The average molecular weight is 417 g/mol. The quantitative estimate of drug-likeness (QED) is 0.283. The molecule has 8 nitrogen and oxygen atoms in total. The van der Waals surface area contributed by atoms with Gasteiger partial charge in [0.05, 0.1) is 23.7 Å². The monoisotopic (exact) mass is 417 g/mol. The number of halogens is 3. The van der Waals surface area contributed by atoms with Crippen LogP contribution in [0.15, 0.2) is 0 Å². The third-order valence-corrected chi connectivity index (χ3v) is 6.95. The van der Waals surface area contributed by atoms with Gasteiger partial charge in [0.25, 0.3) is 10.1 Å². The largest absolute Gasteiger partial charge is 0.575 e. The second-order valence-corrected chi connectivity index (χ2v) is 8.80. The van der Waals surface area contributed by atoms with Crippen molar-refractivity contribution >= 4 is 16.1 Å². The maximum atomic E-state index is 12.5. The van der Waals surface area contributed by atoms with E-state index in [1.165, 1.54) is 0 Å². The van der Waals surface area contributed by atoms with Gasteiger partial charge in [0.1, 0.15) is 0 Å². The Kier molecular flexibility index (Phi) is 7.06. The minimum Gasteiger partial charge on any atom is -0.373 e. The Balaban J connectivity index is 2.06. The summed E-state index contributed by atoms with van der Waals surface area (Å²) < 4.78 is 70.3. The molecule has 0 aromatic heterocycles. The molecule has 2 aliphatic rings. The topological polar surface area (TPSA) is 113 Å². The summed E-state index contributed by atoms with van der Waals surface area (Å²) in [5.41, 5.74) is 0. The van der Waals surface area contributed by atoms with Crippen LogP contribution in [-0.2, 0) is 23.8 Å². The number of esters is 1. The van der Waals surface area contributed by atoms with Crippen molar-refractivity contribution in [3.05, 3.63) is 10.1 Å². The molecule has 0 aliphatic heterocycles. The second-order valence-electron chi connectivity index (χ2n) is 6.97. The Hall–Kier alpha value is -1.43. The van der Waals surface area contributed by atoms with E-state index in [-0.39, 0.29) is 12.8 Å². The predicted octanol–water partition coefficient (Wildman–Crippen LogP) is 2.79. The van der Waals surface area contributed by atoms with Gasteiger partial charge in [-0.3, -0.25) is 19.1 Å². The maximum absolute atomic E-state index is 12.5. The van der Waals surface area contributed by atoms with Crippen LogP contribution in [0.1, 0.15) is 51.4 Å². The Morgan fingerprint density at radius 3 is 2.30 bits per heavy atom. The van der Waals surface area contributed by atoms with Crippen LogP contribution in [0.3, 0.4) is 0 Å². The Morgan fingerprint density at radius 1 is 1.07 bits per heavy atom. The number of carbonyl (C=O) groups is 1. The standard InChI is InChI=1S/C15H22F3NO7S/c16-15(17,18)26-14(20)11-6-2-4-8-13(11)27(23,24)25-9-10-5-1-3-7-12(10)19(21)22/h10-13H,1-9H2. The van der Waals surface area contributed by atoms with E-state index in [1.807, 2.05) is 0 Å². The lowest BCUT2D eigenvalue weighted by Gasteiger charge is -2.30. The van der Waals surface area contributed by atoms with Gasteiger partial charge in [-0.2, -0.15) is 8.42 Å². The molecule has 0 radical (unpaired) electrons. The maximum Gasteiger partial charge on any atom is 0.575 e. The molecule has 4 unspecified atom stereocenters. The van der Waals surface area contributed by atoms with Crippen LogP contribution < -0.4 is 0 Å². The minimum atomic E-state index is -5.19. The SMILES string of the molecule is O=C(OC(F)(F)F)C1CCCCC1S(=O)(=O)OCC1CCCCC1[N+](=O)[O-]. The van der Waals surface area contributed by atoms with Crippen molar-refractivity contribution in [3.63, 3.8) is 0 Å². The molecule has 12 heteroatoms. The summed E-state index contributed by atoms with van der Waals surface area (Å²) in [5.74, 6) is -3.70. The summed E-state index contributed by atoms with van der Waals surface area (Å²) in [6.45, 7) is -0.411. The normalized spacial score (nSPS) is 29.9. The van der Waals surface area contributed by atoms with Gasteiger partial charge in [0.2, 0.25) is 6.04 Å². The predicted molar refractivity (Wildman–Crippen MR) is 85.5 cm³/mol. The molecule has 0 spiro atoms. The molecule has 0 amide bonds.